The van der Waals surface area contributed by atoms with E-state index >= 15 is 0 Å². The number of nitrogens with one attached hydrogen (secondary N) is 1. The quantitative estimate of drug-likeness (QED) is 0.738. The highest BCUT2D eigenvalue weighted by Gasteiger charge is 2.40. The molecule has 0 aromatic heterocycles. The third kappa shape index (κ3) is 4.93. The van der Waals surface area contributed by atoms with Crippen molar-refractivity contribution in [3.05, 3.63) is 54.1 Å². The van der Waals surface area contributed by atoms with Gasteiger partial charge in [0.05, 0.1) is 5.69 Å². The van der Waals surface area contributed by atoms with Crippen LogP contribution in [0.2, 0.25) is 0 Å². The molecule has 0 spiro atoms. The Labute approximate surface area is 187 Å². The van der Waals surface area contributed by atoms with Crippen molar-refractivity contribution in [2.45, 2.75) is 42.8 Å². The average Bonchev–Trinajstić information content (AvgIpc) is 3.06. The first-order chi connectivity index (χ1) is 15.0. The SMILES string of the molecule is Cc1ccc(NC(=O)CN2C(=O)[C@@H](C(=O)N3CCCCCC3)Sc3ccccc32)cc1. The lowest BCUT2D eigenvalue weighted by atomic mass is 10.2. The van der Waals surface area contributed by atoms with Crippen LogP contribution in [0.4, 0.5) is 11.4 Å². The molecule has 0 radical (unpaired) electrons. The van der Waals surface area contributed by atoms with Gasteiger partial charge in [0.25, 0.3) is 5.91 Å². The highest BCUT2D eigenvalue weighted by atomic mass is 32.2. The maximum Gasteiger partial charge on any atom is 0.250 e. The number of carbonyl (C=O) groups excluding carboxylic acids is 3. The predicted octanol–water partition coefficient (Wildman–Crippen LogP) is 3.84. The van der Waals surface area contributed by atoms with E-state index in [4.69, 9.17) is 0 Å². The molecular weight excluding hydrogens is 410 g/mol. The minimum absolute atomic E-state index is 0.131. The molecule has 7 heteroatoms. The number of fused-ring (bicyclic) bond motifs is 1. The summed E-state index contributed by atoms with van der Waals surface area (Å²) in [7, 11) is 0. The number of nitrogens with zero attached hydrogens (tertiary/aromatic N) is 2. The molecule has 0 saturated carbocycles. The molecule has 1 N–H and O–H groups in total. The highest BCUT2D eigenvalue weighted by molar-refractivity contribution is 8.01. The Bertz CT molecular complexity index is 968. The van der Waals surface area contributed by atoms with E-state index in [0.717, 1.165) is 36.1 Å². The summed E-state index contributed by atoms with van der Waals surface area (Å²) < 4.78 is 0. The number of thioether (sulfide) groups is 1. The van der Waals surface area contributed by atoms with E-state index in [1.807, 2.05) is 60.4 Å². The van der Waals surface area contributed by atoms with Gasteiger partial charge in [0.2, 0.25) is 11.8 Å². The van der Waals surface area contributed by atoms with E-state index in [-0.39, 0.29) is 24.3 Å². The summed E-state index contributed by atoms with van der Waals surface area (Å²) in [6, 6.07) is 15.0. The standard InChI is InChI=1S/C24H27N3O3S/c1-17-10-12-18(13-11-17)25-21(28)16-27-19-8-4-5-9-20(19)31-22(24(27)30)23(29)26-14-6-2-3-7-15-26/h4-5,8-13,22H,2-3,6-7,14-16H2,1H3,(H,25,28)/t22-/m1/s1. The van der Waals surface area contributed by atoms with Gasteiger partial charge in [-0.15, -0.1) is 11.8 Å². The van der Waals surface area contributed by atoms with E-state index in [0.29, 0.717) is 24.5 Å². The molecule has 6 nitrogen and oxygen atoms in total. The lowest BCUT2D eigenvalue weighted by Gasteiger charge is -2.34. The fraction of sp³-hybridized carbons (Fsp3) is 0.375. The minimum Gasteiger partial charge on any atom is -0.341 e. The van der Waals surface area contributed by atoms with Gasteiger partial charge in [-0.25, -0.2) is 0 Å². The predicted molar refractivity (Wildman–Crippen MR) is 123 cm³/mol. The first-order valence-electron chi connectivity index (χ1n) is 10.8. The molecule has 0 bridgehead atoms. The molecule has 2 aliphatic rings. The summed E-state index contributed by atoms with van der Waals surface area (Å²) in [5.41, 5.74) is 2.46. The first kappa shape index (κ1) is 21.4. The van der Waals surface area contributed by atoms with Gasteiger partial charge in [0.1, 0.15) is 6.54 Å². The van der Waals surface area contributed by atoms with Gasteiger partial charge in [-0.3, -0.25) is 14.4 Å². The van der Waals surface area contributed by atoms with E-state index in [1.165, 1.54) is 16.7 Å². The van der Waals surface area contributed by atoms with Crippen LogP contribution in [0, 0.1) is 6.92 Å². The van der Waals surface area contributed by atoms with Gasteiger partial charge in [-0.05, 0) is 44.0 Å². The zero-order valence-corrected chi connectivity index (χ0v) is 18.5. The fourth-order valence-corrected chi connectivity index (χ4v) is 5.16. The number of hydrogen-bond donors (Lipinski definition) is 1. The van der Waals surface area contributed by atoms with Crippen LogP contribution >= 0.6 is 11.8 Å². The van der Waals surface area contributed by atoms with E-state index in [2.05, 4.69) is 5.32 Å². The van der Waals surface area contributed by atoms with Crippen molar-refractivity contribution < 1.29 is 14.4 Å². The molecule has 162 valence electrons. The van der Waals surface area contributed by atoms with E-state index in [9.17, 15) is 14.4 Å². The van der Waals surface area contributed by atoms with E-state index in [1.54, 1.807) is 0 Å². The zero-order chi connectivity index (χ0) is 21.8. The number of aryl methyl sites for hydroxylation is 1. The molecule has 4 rings (SSSR count). The molecule has 0 aliphatic carbocycles. The van der Waals surface area contributed by atoms with Crippen molar-refractivity contribution in [2.75, 3.05) is 29.9 Å². The molecule has 0 unspecified atom stereocenters. The number of hydrogen-bond acceptors (Lipinski definition) is 4. The summed E-state index contributed by atoms with van der Waals surface area (Å²) in [6.07, 6.45) is 4.17. The summed E-state index contributed by atoms with van der Waals surface area (Å²) >= 11 is 1.30. The molecule has 3 amide bonds. The number of benzene rings is 2. The van der Waals surface area contributed by atoms with Crippen LogP contribution in [0.1, 0.15) is 31.2 Å². The zero-order valence-electron chi connectivity index (χ0n) is 17.7. The molecule has 31 heavy (non-hydrogen) atoms. The van der Waals surface area contributed by atoms with Crippen LogP contribution in [0.5, 0.6) is 0 Å². The second-order valence-corrected chi connectivity index (χ2v) is 9.19. The Morgan fingerprint density at radius 1 is 1.00 bits per heavy atom. The Kier molecular flexibility index (Phi) is 6.61. The fourth-order valence-electron chi connectivity index (χ4n) is 3.97. The largest absolute Gasteiger partial charge is 0.341 e. The minimum atomic E-state index is -0.847. The molecule has 1 atom stereocenters. The van der Waals surface area contributed by atoms with Gasteiger partial charge in [-0.2, -0.15) is 0 Å². The van der Waals surface area contributed by atoms with Crippen molar-refractivity contribution in [1.29, 1.82) is 0 Å². The number of carbonyl (C=O) groups is 3. The third-order valence-electron chi connectivity index (χ3n) is 5.67. The Morgan fingerprint density at radius 2 is 1.68 bits per heavy atom. The van der Waals surface area contributed by atoms with Crippen LogP contribution in [-0.2, 0) is 14.4 Å². The van der Waals surface area contributed by atoms with Crippen molar-refractivity contribution >= 4 is 40.9 Å². The smallest absolute Gasteiger partial charge is 0.250 e. The van der Waals surface area contributed by atoms with Gasteiger partial charge >= 0.3 is 0 Å². The van der Waals surface area contributed by atoms with Gasteiger partial charge in [-0.1, -0.05) is 42.7 Å². The summed E-state index contributed by atoms with van der Waals surface area (Å²) in [5, 5.41) is 2.00. The Hall–Kier alpha value is -2.80. The van der Waals surface area contributed by atoms with Crippen LogP contribution in [-0.4, -0.2) is 47.5 Å². The number of amides is 3. The van der Waals surface area contributed by atoms with Crippen molar-refractivity contribution in [3.63, 3.8) is 0 Å². The van der Waals surface area contributed by atoms with Crippen molar-refractivity contribution in [1.82, 2.24) is 4.90 Å². The van der Waals surface area contributed by atoms with Crippen LogP contribution in [0.15, 0.2) is 53.4 Å². The molecule has 2 aliphatic heterocycles. The van der Waals surface area contributed by atoms with Crippen molar-refractivity contribution in [2.24, 2.45) is 0 Å². The number of rotatable bonds is 4. The Morgan fingerprint density at radius 3 is 2.39 bits per heavy atom. The molecule has 1 fully saturated rings. The Balaban J connectivity index is 1.54. The lowest BCUT2D eigenvalue weighted by molar-refractivity contribution is -0.135. The number of anilines is 2. The molecule has 2 aromatic carbocycles. The summed E-state index contributed by atoms with van der Waals surface area (Å²) in [6.45, 7) is 3.24. The summed E-state index contributed by atoms with van der Waals surface area (Å²) in [4.78, 5) is 43.5. The van der Waals surface area contributed by atoms with Crippen LogP contribution in [0.3, 0.4) is 0 Å². The van der Waals surface area contributed by atoms with Gasteiger partial charge < -0.3 is 15.1 Å². The number of para-hydroxylation sites is 1. The van der Waals surface area contributed by atoms with Gasteiger partial charge in [0, 0.05) is 23.7 Å². The first-order valence-corrected chi connectivity index (χ1v) is 11.6. The number of likely N-dealkylation sites (tertiary alicyclic amines) is 1. The highest BCUT2D eigenvalue weighted by Crippen LogP contribution is 2.39. The average molecular weight is 438 g/mol. The monoisotopic (exact) mass is 437 g/mol. The normalized spacial score (nSPS) is 18.9. The molecule has 1 saturated heterocycles. The summed E-state index contributed by atoms with van der Waals surface area (Å²) in [5.74, 6) is -0.757. The van der Waals surface area contributed by atoms with E-state index < -0.39 is 5.25 Å². The third-order valence-corrected chi connectivity index (χ3v) is 6.91. The second-order valence-electron chi connectivity index (χ2n) is 8.04. The van der Waals surface area contributed by atoms with Gasteiger partial charge in [0.15, 0.2) is 5.25 Å². The maximum atomic E-state index is 13.4. The second kappa shape index (κ2) is 9.56. The molecular formula is C24H27N3O3S. The van der Waals surface area contributed by atoms with Crippen LogP contribution < -0.4 is 10.2 Å². The maximum absolute atomic E-state index is 13.4. The van der Waals surface area contributed by atoms with Crippen LogP contribution in [0.25, 0.3) is 0 Å². The van der Waals surface area contributed by atoms with Crippen molar-refractivity contribution in [3.8, 4) is 0 Å². The molecule has 2 aromatic rings. The topological polar surface area (TPSA) is 69.7 Å². The lowest BCUT2D eigenvalue weighted by Crippen LogP contribution is -2.51. The molecule has 2 heterocycles.